The van der Waals surface area contributed by atoms with E-state index in [0.29, 0.717) is 0 Å². The van der Waals surface area contributed by atoms with Gasteiger partial charge in [0.2, 0.25) is 0 Å². The summed E-state index contributed by atoms with van der Waals surface area (Å²) in [4.78, 5) is 0. The van der Waals surface area contributed by atoms with E-state index in [0.717, 1.165) is 0 Å². The third kappa shape index (κ3) is 9.26. The summed E-state index contributed by atoms with van der Waals surface area (Å²) >= 11 is 2.16. The maximum absolute atomic E-state index is 6.94. The zero-order valence-corrected chi connectivity index (χ0v) is 22.8. The zero-order chi connectivity index (χ0) is 23.0. The molecule has 1 nitrogen and oxygen atoms in total. The van der Waals surface area contributed by atoms with Crippen molar-refractivity contribution in [2.75, 3.05) is 0 Å². The molecule has 0 atom stereocenters. The van der Waals surface area contributed by atoms with Crippen molar-refractivity contribution in [2.45, 2.75) is 26.3 Å². The van der Waals surface area contributed by atoms with Crippen LogP contribution >= 0.6 is 0 Å². The molecule has 0 aromatic heterocycles. The van der Waals surface area contributed by atoms with Gasteiger partial charge in [-0.1, -0.05) is 57.2 Å². The van der Waals surface area contributed by atoms with Gasteiger partial charge in [-0.15, -0.1) is 45.3 Å². The van der Waals surface area contributed by atoms with Crippen LogP contribution in [0.1, 0.15) is 31.9 Å². The van der Waals surface area contributed by atoms with Gasteiger partial charge in [0.05, 0.1) is 0 Å². The van der Waals surface area contributed by atoms with Crippen LogP contribution in [0.25, 0.3) is 27.3 Å². The standard InChI is InChI=1S/C13H9.C13H10.C4H10N.2ClH.Ti/c1-3-7-12-10(5-1)9-11-6-2-4-8-13(11)12;1-3-7-12(8-4-1)11-13-9-5-2-6-10-13;1-4(2,3)5;;;/h1-9H;1-10H;5H,1-3H3;2*1H;/q-1;;-1;;;+2/p-2. The Morgan fingerprint density at radius 2 is 0.882 bits per heavy atom. The molecule has 5 aromatic rings. The Hall–Kier alpha value is -2.13. The Morgan fingerprint density at radius 1 is 0.588 bits per heavy atom. The Balaban J connectivity index is 0.000000272. The Bertz CT molecular complexity index is 1180. The van der Waals surface area contributed by atoms with Crippen molar-refractivity contribution < 1.29 is 44.8 Å². The molecule has 1 N–H and O–H groups in total. The van der Waals surface area contributed by atoms with Crippen LogP contribution < -0.4 is 24.8 Å². The van der Waals surface area contributed by atoms with Crippen LogP contribution in [0.2, 0.25) is 0 Å². The van der Waals surface area contributed by atoms with Crippen LogP contribution in [0, 0.1) is 0 Å². The quantitative estimate of drug-likeness (QED) is 0.251. The first-order valence-corrected chi connectivity index (χ1v) is 11.6. The number of rotatable bonds is 2. The normalized spacial score (nSPS) is 10.1. The summed E-state index contributed by atoms with van der Waals surface area (Å²) in [7, 11) is 0. The van der Waals surface area contributed by atoms with Crippen molar-refractivity contribution in [1.82, 2.24) is 0 Å². The number of nitrogens with one attached hydrogen (secondary N) is 1. The molecule has 0 bridgehead atoms. The van der Waals surface area contributed by atoms with E-state index in [1.54, 1.807) is 0 Å². The molecule has 0 aliphatic heterocycles. The van der Waals surface area contributed by atoms with Crippen LogP contribution in [0.15, 0.2) is 115 Å². The summed E-state index contributed by atoms with van der Waals surface area (Å²) in [6.07, 6.45) is 0. The predicted molar refractivity (Wildman–Crippen MR) is 137 cm³/mol. The largest absolute Gasteiger partial charge is 0.126 e. The molecule has 174 valence electrons. The average molecular weight is 522 g/mol. The minimum atomic E-state index is -0.250. The molecule has 0 amide bonds. The Kier molecular flexibility index (Phi) is 12.6. The van der Waals surface area contributed by atoms with E-state index in [4.69, 9.17) is 5.73 Å². The zero-order valence-electron chi connectivity index (χ0n) is 19.7. The Labute approximate surface area is 227 Å². The van der Waals surface area contributed by atoms with Gasteiger partial charge in [-0.2, -0.15) is 0 Å². The van der Waals surface area contributed by atoms with Crippen LogP contribution in [0.3, 0.4) is 0 Å². The molecular weight excluding hydrogens is 493 g/mol. The minimum absolute atomic E-state index is 0. The molecule has 0 fully saturated rings. The fourth-order valence-electron chi connectivity index (χ4n) is 3.28. The monoisotopic (exact) mass is 521 g/mol. The van der Waals surface area contributed by atoms with E-state index < -0.39 is 0 Å². The first kappa shape index (κ1) is 29.9. The van der Waals surface area contributed by atoms with Gasteiger partial charge < -0.3 is 30.5 Å². The molecule has 0 aliphatic carbocycles. The SMILES string of the molecule is CC(C)(C)[NH-].[Cl-].[Cl-].[Ti+2]=[C](c1ccccc1)c1ccccc1.c1ccc2c(c1)[cH-]c1ccccc12. The Morgan fingerprint density at radius 3 is 1.24 bits per heavy atom. The third-order valence-corrected chi connectivity index (χ3v) is 5.55. The summed E-state index contributed by atoms with van der Waals surface area (Å²) in [5.41, 5.74) is 9.27. The molecule has 5 rings (SSSR count). The van der Waals surface area contributed by atoms with Crippen molar-refractivity contribution in [3.05, 3.63) is 132 Å². The summed E-state index contributed by atoms with van der Waals surface area (Å²) in [5.74, 6) is 0. The van der Waals surface area contributed by atoms with Gasteiger partial charge >= 0.3 is 95.6 Å². The first-order chi connectivity index (χ1) is 15.3. The number of halogens is 2. The molecular formula is C30H29Cl2NTi-2. The second-order valence-corrected chi connectivity index (χ2v) is 9.46. The fourth-order valence-corrected chi connectivity index (χ4v) is 3.80. The van der Waals surface area contributed by atoms with E-state index in [1.165, 1.54) is 36.5 Å². The van der Waals surface area contributed by atoms with Gasteiger partial charge in [0.25, 0.3) is 0 Å². The summed E-state index contributed by atoms with van der Waals surface area (Å²) in [6.45, 7) is 5.56. The van der Waals surface area contributed by atoms with E-state index in [-0.39, 0.29) is 30.4 Å². The van der Waals surface area contributed by atoms with Crippen LogP contribution in [0.5, 0.6) is 0 Å². The van der Waals surface area contributed by atoms with E-state index in [1.807, 2.05) is 32.9 Å². The van der Waals surface area contributed by atoms with Crippen molar-refractivity contribution in [3.8, 4) is 0 Å². The molecule has 4 heteroatoms. The van der Waals surface area contributed by atoms with Crippen molar-refractivity contribution in [2.24, 2.45) is 0 Å². The van der Waals surface area contributed by atoms with E-state index in [9.17, 15) is 0 Å². The smallest absolute Gasteiger partial charge is 0.0771 e. The molecule has 0 radical (unpaired) electrons. The molecule has 5 aromatic carbocycles. The predicted octanol–water partition coefficient (Wildman–Crippen LogP) is 2.36. The third-order valence-electron chi connectivity index (χ3n) is 4.65. The van der Waals surface area contributed by atoms with Crippen LogP contribution in [-0.4, -0.2) is 9.35 Å². The van der Waals surface area contributed by atoms with Gasteiger partial charge in [-0.05, 0) is 0 Å². The maximum atomic E-state index is 6.94. The fraction of sp³-hybridized carbons (Fsp3) is 0.133. The second kappa shape index (κ2) is 14.3. The average Bonchev–Trinajstić information content (AvgIpc) is 3.18. The molecule has 0 unspecified atom stereocenters. The summed E-state index contributed by atoms with van der Waals surface area (Å²) < 4.78 is 1.33. The molecule has 0 spiro atoms. The number of hydrogen-bond acceptors (Lipinski definition) is 0. The molecule has 0 heterocycles. The second-order valence-electron chi connectivity index (χ2n) is 8.68. The number of benzene rings is 4. The topological polar surface area (TPSA) is 23.8 Å². The van der Waals surface area contributed by atoms with Gasteiger partial charge in [0.15, 0.2) is 0 Å². The molecule has 34 heavy (non-hydrogen) atoms. The van der Waals surface area contributed by atoms with Crippen LogP contribution in [-0.2, 0) is 20.0 Å². The van der Waals surface area contributed by atoms with Crippen molar-refractivity contribution in [3.63, 3.8) is 0 Å². The molecule has 0 saturated carbocycles. The van der Waals surface area contributed by atoms with Gasteiger partial charge in [0, 0.05) is 0 Å². The number of hydrogen-bond donors (Lipinski definition) is 0. The maximum Gasteiger partial charge on any atom is -0.0771 e. The van der Waals surface area contributed by atoms with Gasteiger partial charge in [-0.3, -0.25) is 0 Å². The number of fused-ring (bicyclic) bond motifs is 3. The van der Waals surface area contributed by atoms with Gasteiger partial charge in [0.1, 0.15) is 0 Å². The molecule has 0 saturated heterocycles. The van der Waals surface area contributed by atoms with Crippen molar-refractivity contribution >= 4 is 25.4 Å². The molecule has 0 aliphatic rings. The summed E-state index contributed by atoms with van der Waals surface area (Å²) in [6, 6.07) is 40.2. The minimum Gasteiger partial charge on any atom is -0.126 e. The van der Waals surface area contributed by atoms with Gasteiger partial charge in [-0.25, -0.2) is 0 Å². The van der Waals surface area contributed by atoms with Crippen molar-refractivity contribution in [1.29, 1.82) is 0 Å². The first-order valence-electron chi connectivity index (χ1n) is 10.8. The van der Waals surface area contributed by atoms with E-state index in [2.05, 4.69) is 123 Å². The van der Waals surface area contributed by atoms with Crippen LogP contribution in [0.4, 0.5) is 0 Å². The van der Waals surface area contributed by atoms with E-state index >= 15 is 0 Å². The summed E-state index contributed by atoms with van der Waals surface area (Å²) in [5, 5.41) is 5.39.